The number of anilines is 1. The van der Waals surface area contributed by atoms with Gasteiger partial charge in [-0.3, -0.25) is 9.59 Å². The van der Waals surface area contributed by atoms with Crippen molar-refractivity contribution >= 4 is 29.1 Å². The first-order chi connectivity index (χ1) is 10.6. The topological polar surface area (TPSA) is 70.4 Å². The van der Waals surface area contributed by atoms with Crippen molar-refractivity contribution in [2.75, 3.05) is 23.8 Å². The van der Waals surface area contributed by atoms with E-state index in [0.717, 1.165) is 0 Å². The smallest absolute Gasteiger partial charge is 0.265 e. The van der Waals surface area contributed by atoms with Crippen LogP contribution in [0.3, 0.4) is 0 Å². The Balaban J connectivity index is 2.19. The van der Waals surface area contributed by atoms with Gasteiger partial charge in [0.2, 0.25) is 0 Å². The highest BCUT2D eigenvalue weighted by Gasteiger charge is 2.26. The molecule has 22 heavy (non-hydrogen) atoms. The summed E-state index contributed by atoms with van der Waals surface area (Å²) in [4.78, 5) is 25.9. The number of carbonyl (C=O) groups is 2. The maximum Gasteiger partial charge on any atom is 0.265 e. The number of nitriles is 1. The summed E-state index contributed by atoms with van der Waals surface area (Å²) in [6.07, 6.45) is 0.429. The molecule has 0 spiro atoms. The standard InChI is InChI=1S/C16H18N2O3S/c1-3-18-13-9-12(5-6-14(13)21-10-15(18)19)16(20)11(2)22-8-4-7-17/h5-6,9,11H,3-4,8,10H2,1-2H3. The molecule has 1 atom stereocenters. The van der Waals surface area contributed by atoms with Gasteiger partial charge in [0.1, 0.15) is 5.75 Å². The maximum atomic E-state index is 12.5. The molecule has 1 amide bonds. The first kappa shape index (κ1) is 16.4. The Morgan fingerprint density at radius 1 is 1.55 bits per heavy atom. The number of thioether (sulfide) groups is 1. The molecule has 1 aromatic carbocycles. The number of ether oxygens (including phenoxy) is 1. The Labute approximate surface area is 134 Å². The number of benzene rings is 1. The lowest BCUT2D eigenvalue weighted by atomic mass is 10.1. The van der Waals surface area contributed by atoms with E-state index >= 15 is 0 Å². The fourth-order valence-electron chi connectivity index (χ4n) is 2.29. The highest BCUT2D eigenvalue weighted by Crippen LogP contribution is 2.33. The average molecular weight is 318 g/mol. The molecular formula is C16H18N2O3S. The van der Waals surface area contributed by atoms with E-state index in [1.807, 2.05) is 13.8 Å². The van der Waals surface area contributed by atoms with Crippen molar-refractivity contribution in [1.82, 2.24) is 0 Å². The van der Waals surface area contributed by atoms with Gasteiger partial charge >= 0.3 is 0 Å². The summed E-state index contributed by atoms with van der Waals surface area (Å²) in [6.45, 7) is 4.30. The molecule has 0 aromatic heterocycles. The van der Waals surface area contributed by atoms with Gasteiger partial charge in [-0.25, -0.2) is 0 Å². The van der Waals surface area contributed by atoms with Gasteiger partial charge in [-0.15, -0.1) is 11.8 Å². The van der Waals surface area contributed by atoms with Crippen molar-refractivity contribution in [3.05, 3.63) is 23.8 Å². The van der Waals surface area contributed by atoms with Crippen molar-refractivity contribution in [1.29, 1.82) is 5.26 Å². The van der Waals surface area contributed by atoms with E-state index in [0.29, 0.717) is 35.7 Å². The lowest BCUT2D eigenvalue weighted by Gasteiger charge is -2.28. The van der Waals surface area contributed by atoms with Gasteiger partial charge in [-0.2, -0.15) is 5.26 Å². The number of Topliss-reactive ketones (excluding diaryl/α,β-unsaturated/α-hetero) is 1. The molecule has 0 aliphatic carbocycles. The average Bonchev–Trinajstić information content (AvgIpc) is 2.53. The summed E-state index contributed by atoms with van der Waals surface area (Å²) in [5.41, 5.74) is 1.21. The minimum Gasteiger partial charge on any atom is -0.482 e. The van der Waals surface area contributed by atoms with E-state index in [1.165, 1.54) is 11.8 Å². The number of ketones is 1. The van der Waals surface area contributed by atoms with E-state index in [4.69, 9.17) is 10.00 Å². The van der Waals surface area contributed by atoms with Crippen LogP contribution in [0.15, 0.2) is 18.2 Å². The molecule has 0 saturated carbocycles. The molecule has 0 N–H and O–H groups in total. The second-order valence-electron chi connectivity index (χ2n) is 4.89. The SMILES string of the molecule is CCN1C(=O)COc2ccc(C(=O)C(C)SCCC#N)cc21. The first-order valence-electron chi connectivity index (χ1n) is 7.18. The number of nitrogens with zero attached hydrogens (tertiary/aromatic N) is 2. The third-order valence-corrected chi connectivity index (χ3v) is 4.61. The lowest BCUT2D eigenvalue weighted by Crippen LogP contribution is -2.38. The van der Waals surface area contributed by atoms with Crippen LogP contribution in [0.4, 0.5) is 5.69 Å². The van der Waals surface area contributed by atoms with Crippen LogP contribution in [0.1, 0.15) is 30.6 Å². The summed E-state index contributed by atoms with van der Waals surface area (Å²) in [6, 6.07) is 7.26. The predicted octanol–water partition coefficient (Wildman–Crippen LogP) is 2.65. The largest absolute Gasteiger partial charge is 0.482 e. The Hall–Kier alpha value is -2.00. The molecule has 0 saturated heterocycles. The Bertz CT molecular complexity index is 624. The molecule has 5 nitrogen and oxygen atoms in total. The van der Waals surface area contributed by atoms with E-state index in [1.54, 1.807) is 23.1 Å². The van der Waals surface area contributed by atoms with Crippen LogP contribution in [0.25, 0.3) is 0 Å². The van der Waals surface area contributed by atoms with E-state index < -0.39 is 0 Å². The van der Waals surface area contributed by atoms with Gasteiger partial charge in [-0.05, 0) is 32.0 Å². The summed E-state index contributed by atoms with van der Waals surface area (Å²) < 4.78 is 5.40. The Morgan fingerprint density at radius 2 is 2.32 bits per heavy atom. The molecule has 116 valence electrons. The number of likely N-dealkylation sites (N-methyl/N-ethyl adjacent to an activating group) is 1. The van der Waals surface area contributed by atoms with Crippen LogP contribution in [0.2, 0.25) is 0 Å². The second-order valence-corrected chi connectivity index (χ2v) is 6.34. The number of rotatable bonds is 6. The number of hydrogen-bond donors (Lipinski definition) is 0. The van der Waals surface area contributed by atoms with E-state index in [-0.39, 0.29) is 23.5 Å². The number of amides is 1. The molecule has 0 radical (unpaired) electrons. The summed E-state index contributed by atoms with van der Waals surface area (Å²) in [7, 11) is 0. The lowest BCUT2D eigenvalue weighted by molar-refractivity contribution is -0.121. The summed E-state index contributed by atoms with van der Waals surface area (Å²) in [5, 5.41) is 8.33. The Kier molecular flexibility index (Phi) is 5.45. The number of fused-ring (bicyclic) bond motifs is 1. The van der Waals surface area contributed by atoms with E-state index in [2.05, 4.69) is 6.07 Å². The third kappa shape index (κ3) is 3.42. The monoisotopic (exact) mass is 318 g/mol. The normalized spacial score (nSPS) is 14.8. The summed E-state index contributed by atoms with van der Waals surface area (Å²) >= 11 is 1.46. The first-order valence-corrected chi connectivity index (χ1v) is 8.23. The molecule has 6 heteroatoms. The molecule has 1 aliphatic rings. The molecule has 1 unspecified atom stereocenters. The second kappa shape index (κ2) is 7.32. The van der Waals surface area contributed by atoms with Crippen LogP contribution in [-0.2, 0) is 4.79 Å². The maximum absolute atomic E-state index is 12.5. The van der Waals surface area contributed by atoms with Crippen LogP contribution < -0.4 is 9.64 Å². The number of hydrogen-bond acceptors (Lipinski definition) is 5. The summed E-state index contributed by atoms with van der Waals surface area (Å²) in [5.74, 6) is 1.16. The molecule has 1 aromatic rings. The zero-order valence-electron chi connectivity index (χ0n) is 12.7. The van der Waals surface area contributed by atoms with Gasteiger partial charge in [-0.1, -0.05) is 0 Å². The highest BCUT2D eigenvalue weighted by atomic mass is 32.2. The van der Waals surface area contributed by atoms with Crippen LogP contribution in [-0.4, -0.2) is 35.8 Å². The van der Waals surface area contributed by atoms with Gasteiger partial charge < -0.3 is 9.64 Å². The predicted molar refractivity (Wildman–Crippen MR) is 86.4 cm³/mol. The molecule has 2 rings (SSSR count). The minimum absolute atomic E-state index is 0.000171. The third-order valence-electron chi connectivity index (χ3n) is 3.45. The van der Waals surface area contributed by atoms with Crippen LogP contribution >= 0.6 is 11.8 Å². The van der Waals surface area contributed by atoms with Crippen LogP contribution in [0, 0.1) is 11.3 Å². The molecule has 0 fully saturated rings. The highest BCUT2D eigenvalue weighted by molar-refractivity contribution is 8.00. The zero-order chi connectivity index (χ0) is 16.1. The number of carbonyl (C=O) groups excluding carboxylic acids is 2. The van der Waals surface area contributed by atoms with Gasteiger partial charge in [0.15, 0.2) is 12.4 Å². The fraction of sp³-hybridized carbons (Fsp3) is 0.438. The molecule has 1 heterocycles. The van der Waals surface area contributed by atoms with Gasteiger partial charge in [0.25, 0.3) is 5.91 Å². The molecule has 0 bridgehead atoms. The van der Waals surface area contributed by atoms with E-state index in [9.17, 15) is 9.59 Å². The van der Waals surface area contributed by atoms with Crippen molar-refractivity contribution < 1.29 is 14.3 Å². The van der Waals surface area contributed by atoms with Crippen molar-refractivity contribution in [3.8, 4) is 11.8 Å². The van der Waals surface area contributed by atoms with Crippen molar-refractivity contribution in [3.63, 3.8) is 0 Å². The quantitative estimate of drug-likeness (QED) is 0.595. The fourth-order valence-corrected chi connectivity index (χ4v) is 3.14. The minimum atomic E-state index is -0.221. The van der Waals surface area contributed by atoms with Crippen molar-refractivity contribution in [2.24, 2.45) is 0 Å². The van der Waals surface area contributed by atoms with Gasteiger partial charge in [0, 0.05) is 24.3 Å². The molecular weight excluding hydrogens is 300 g/mol. The molecule has 1 aliphatic heterocycles. The van der Waals surface area contributed by atoms with Crippen LogP contribution in [0.5, 0.6) is 5.75 Å². The van der Waals surface area contributed by atoms with Crippen molar-refractivity contribution in [2.45, 2.75) is 25.5 Å². The Morgan fingerprint density at radius 3 is 3.00 bits per heavy atom. The zero-order valence-corrected chi connectivity index (χ0v) is 13.5. The van der Waals surface area contributed by atoms with Gasteiger partial charge in [0.05, 0.1) is 17.0 Å².